The van der Waals surface area contributed by atoms with Crippen molar-refractivity contribution in [1.82, 2.24) is 0 Å². The number of methoxy groups -OCH3 is 1. The van der Waals surface area contributed by atoms with Gasteiger partial charge in [0, 0.05) is 6.07 Å². The molecule has 144 valence electrons. The summed E-state index contributed by atoms with van der Waals surface area (Å²) in [6.45, 7) is 1.87. The highest BCUT2D eigenvalue weighted by Crippen LogP contribution is 2.34. The predicted molar refractivity (Wildman–Crippen MR) is 104 cm³/mol. The van der Waals surface area contributed by atoms with Gasteiger partial charge in [-0.25, -0.2) is 0 Å². The number of phenolic OH excluding ortho intramolecular Hbond substituents is 1. The highest BCUT2D eigenvalue weighted by atomic mass is 32.2. The molecule has 3 rings (SSSR count). The van der Waals surface area contributed by atoms with Crippen molar-refractivity contribution in [3.05, 3.63) is 72.3 Å². The van der Waals surface area contributed by atoms with Gasteiger partial charge in [-0.3, -0.25) is 0 Å². The molecule has 0 saturated heterocycles. The minimum atomic E-state index is -4.01. The van der Waals surface area contributed by atoms with Gasteiger partial charge in [-0.05, 0) is 43.3 Å². The van der Waals surface area contributed by atoms with Crippen molar-refractivity contribution in [2.45, 2.75) is 11.8 Å². The first kappa shape index (κ1) is 19.4. The van der Waals surface area contributed by atoms with Crippen LogP contribution in [0.2, 0.25) is 0 Å². The Kier molecular flexibility index (Phi) is 5.60. The van der Waals surface area contributed by atoms with E-state index in [1.165, 1.54) is 37.4 Å². The molecule has 0 fully saturated rings. The van der Waals surface area contributed by atoms with Gasteiger partial charge < -0.3 is 14.0 Å². The smallest absolute Gasteiger partial charge is 0.339 e. The van der Waals surface area contributed by atoms with Crippen molar-refractivity contribution < 1.29 is 22.4 Å². The lowest BCUT2D eigenvalue weighted by Crippen LogP contribution is -2.09. The SMILES string of the molecule is COc1cc(N=Nc2ccccc2OS(=O)(=O)c2ccc(C)cc2)ccc1O. The molecule has 0 amide bonds. The second kappa shape index (κ2) is 8.10. The summed E-state index contributed by atoms with van der Waals surface area (Å²) in [7, 11) is -2.58. The third kappa shape index (κ3) is 4.47. The number of hydrogen-bond acceptors (Lipinski definition) is 7. The number of rotatable bonds is 6. The van der Waals surface area contributed by atoms with Crippen molar-refractivity contribution in [2.24, 2.45) is 10.2 Å². The molecular formula is C20H18N2O5S. The maximum Gasteiger partial charge on any atom is 0.339 e. The van der Waals surface area contributed by atoms with Crippen molar-refractivity contribution >= 4 is 21.5 Å². The fourth-order valence-corrected chi connectivity index (χ4v) is 3.26. The highest BCUT2D eigenvalue weighted by molar-refractivity contribution is 7.87. The molecule has 0 radical (unpaired) electrons. The molecule has 3 aromatic rings. The van der Waals surface area contributed by atoms with E-state index in [-0.39, 0.29) is 27.8 Å². The van der Waals surface area contributed by atoms with E-state index in [0.717, 1.165) is 5.56 Å². The van der Waals surface area contributed by atoms with Gasteiger partial charge in [0.25, 0.3) is 0 Å². The number of benzene rings is 3. The third-order valence-corrected chi connectivity index (χ3v) is 5.06. The molecule has 8 heteroatoms. The zero-order valence-electron chi connectivity index (χ0n) is 15.2. The van der Waals surface area contributed by atoms with Crippen LogP contribution in [0.4, 0.5) is 11.4 Å². The molecule has 0 aliphatic carbocycles. The summed E-state index contributed by atoms with van der Waals surface area (Å²) < 4.78 is 35.3. The topological polar surface area (TPSA) is 97.6 Å². The Balaban J connectivity index is 1.88. The van der Waals surface area contributed by atoms with Crippen LogP contribution in [0.25, 0.3) is 0 Å². The minimum absolute atomic E-state index is 0.0191. The molecule has 0 aliphatic heterocycles. The molecule has 1 N–H and O–H groups in total. The van der Waals surface area contributed by atoms with Gasteiger partial charge in [0.2, 0.25) is 0 Å². The lowest BCUT2D eigenvalue weighted by atomic mass is 10.2. The van der Waals surface area contributed by atoms with Gasteiger partial charge in [0.1, 0.15) is 10.6 Å². The Bertz CT molecular complexity index is 1110. The molecule has 28 heavy (non-hydrogen) atoms. The van der Waals surface area contributed by atoms with Crippen LogP contribution in [0.3, 0.4) is 0 Å². The molecule has 0 atom stereocenters. The number of hydrogen-bond donors (Lipinski definition) is 1. The van der Waals surface area contributed by atoms with Crippen LogP contribution in [-0.4, -0.2) is 20.6 Å². The van der Waals surface area contributed by atoms with Gasteiger partial charge in [-0.15, -0.1) is 5.11 Å². The van der Waals surface area contributed by atoms with Gasteiger partial charge in [0.05, 0.1) is 12.8 Å². The van der Waals surface area contributed by atoms with E-state index in [2.05, 4.69) is 10.2 Å². The number of aromatic hydroxyl groups is 1. The molecule has 0 aliphatic rings. The monoisotopic (exact) mass is 398 g/mol. The average molecular weight is 398 g/mol. The summed E-state index contributed by atoms with van der Waals surface area (Å²) >= 11 is 0. The number of azo groups is 1. The van der Waals surface area contributed by atoms with Crippen molar-refractivity contribution in [1.29, 1.82) is 0 Å². The van der Waals surface area contributed by atoms with Crippen LogP contribution in [0, 0.1) is 6.92 Å². The van der Waals surface area contributed by atoms with Crippen LogP contribution in [0.1, 0.15) is 5.56 Å². The van der Waals surface area contributed by atoms with Crippen LogP contribution >= 0.6 is 0 Å². The summed E-state index contributed by atoms with van der Waals surface area (Å²) in [5, 5.41) is 17.8. The van der Waals surface area contributed by atoms with Gasteiger partial charge in [-0.1, -0.05) is 29.8 Å². The van der Waals surface area contributed by atoms with E-state index in [1.54, 1.807) is 36.4 Å². The Hall–Kier alpha value is -3.39. The van der Waals surface area contributed by atoms with E-state index in [1.807, 2.05) is 6.92 Å². The number of nitrogens with zero attached hydrogens (tertiary/aromatic N) is 2. The van der Waals surface area contributed by atoms with E-state index in [4.69, 9.17) is 8.92 Å². The quantitative estimate of drug-likeness (QED) is 0.471. The molecule has 3 aromatic carbocycles. The first-order chi connectivity index (χ1) is 13.4. The van der Waals surface area contributed by atoms with Crippen molar-refractivity contribution in [2.75, 3.05) is 7.11 Å². The minimum Gasteiger partial charge on any atom is -0.504 e. The Morgan fingerprint density at radius 3 is 2.32 bits per heavy atom. The molecule has 0 heterocycles. The number of para-hydroxylation sites is 1. The molecule has 0 bridgehead atoms. The third-order valence-electron chi connectivity index (χ3n) is 3.81. The summed E-state index contributed by atoms with van der Waals surface area (Å²) in [5.74, 6) is 0.287. The molecule has 0 saturated carbocycles. The lowest BCUT2D eigenvalue weighted by molar-refractivity contribution is 0.373. The Morgan fingerprint density at radius 1 is 0.893 bits per heavy atom. The summed E-state index contributed by atoms with van der Waals surface area (Å²) in [6.07, 6.45) is 0. The standard InChI is InChI=1S/C20H18N2O5S/c1-14-7-10-16(11-8-14)28(24,25)27-19-6-4-3-5-17(19)22-21-15-9-12-18(23)20(13-15)26-2/h3-13,23H,1-2H3. The Labute approximate surface area is 163 Å². The second-order valence-electron chi connectivity index (χ2n) is 5.87. The fourth-order valence-electron chi connectivity index (χ4n) is 2.32. The molecule has 0 aromatic heterocycles. The zero-order valence-corrected chi connectivity index (χ0v) is 16.1. The highest BCUT2D eigenvalue weighted by Gasteiger charge is 2.18. The van der Waals surface area contributed by atoms with Gasteiger partial charge in [-0.2, -0.15) is 13.5 Å². The predicted octanol–water partition coefficient (Wildman–Crippen LogP) is 4.89. The van der Waals surface area contributed by atoms with Crippen LogP contribution in [0.5, 0.6) is 17.2 Å². The van der Waals surface area contributed by atoms with E-state index in [9.17, 15) is 13.5 Å². The normalized spacial score (nSPS) is 11.5. The van der Waals surface area contributed by atoms with E-state index < -0.39 is 10.1 Å². The first-order valence-electron chi connectivity index (χ1n) is 8.28. The fraction of sp³-hybridized carbons (Fsp3) is 0.100. The first-order valence-corrected chi connectivity index (χ1v) is 9.69. The van der Waals surface area contributed by atoms with Crippen LogP contribution in [0.15, 0.2) is 81.9 Å². The maximum atomic E-state index is 12.5. The second-order valence-corrected chi connectivity index (χ2v) is 7.42. The molecule has 0 unspecified atom stereocenters. The largest absolute Gasteiger partial charge is 0.504 e. The molecule has 0 spiro atoms. The summed E-state index contributed by atoms with van der Waals surface area (Å²) in [5.41, 5.74) is 1.61. The summed E-state index contributed by atoms with van der Waals surface area (Å²) in [6, 6.07) is 17.3. The van der Waals surface area contributed by atoms with Crippen LogP contribution < -0.4 is 8.92 Å². The van der Waals surface area contributed by atoms with Crippen LogP contribution in [-0.2, 0) is 10.1 Å². The average Bonchev–Trinajstić information content (AvgIpc) is 2.68. The number of aryl methyl sites for hydroxylation is 1. The number of ether oxygens (including phenoxy) is 1. The van der Waals surface area contributed by atoms with Crippen molar-refractivity contribution in [3.63, 3.8) is 0 Å². The van der Waals surface area contributed by atoms with E-state index >= 15 is 0 Å². The summed E-state index contributed by atoms with van der Waals surface area (Å²) in [4.78, 5) is 0.0492. The van der Waals surface area contributed by atoms with Gasteiger partial charge in [0.15, 0.2) is 17.2 Å². The zero-order chi connectivity index (χ0) is 20.1. The molecule has 7 nitrogen and oxygen atoms in total. The lowest BCUT2D eigenvalue weighted by Gasteiger charge is -2.09. The Morgan fingerprint density at radius 2 is 1.61 bits per heavy atom. The number of phenols is 1. The van der Waals surface area contributed by atoms with Gasteiger partial charge >= 0.3 is 10.1 Å². The van der Waals surface area contributed by atoms with Crippen molar-refractivity contribution in [3.8, 4) is 17.2 Å². The maximum absolute atomic E-state index is 12.5. The molecular weight excluding hydrogens is 380 g/mol. The van der Waals surface area contributed by atoms with E-state index in [0.29, 0.717) is 5.69 Å².